The van der Waals surface area contributed by atoms with Crippen molar-refractivity contribution >= 4 is 0 Å². The summed E-state index contributed by atoms with van der Waals surface area (Å²) in [6, 6.07) is 11.6. The van der Waals surface area contributed by atoms with E-state index < -0.39 is 0 Å². The lowest BCUT2D eigenvalue weighted by molar-refractivity contribution is 0.352. The van der Waals surface area contributed by atoms with Gasteiger partial charge in [-0.25, -0.2) is 0 Å². The number of hydrogen-bond acceptors (Lipinski definition) is 1. The lowest BCUT2D eigenvalue weighted by Crippen LogP contribution is -2.36. The minimum Gasteiger partial charge on any atom is -0.313 e. The third-order valence-corrected chi connectivity index (χ3v) is 4.80. The first-order valence-electron chi connectivity index (χ1n) is 7.97. The van der Waals surface area contributed by atoms with E-state index in [0.29, 0.717) is 17.9 Å². The van der Waals surface area contributed by atoms with Crippen LogP contribution in [0.3, 0.4) is 0 Å². The van der Waals surface area contributed by atoms with Crippen LogP contribution in [0.2, 0.25) is 0 Å². The van der Waals surface area contributed by atoms with Crippen LogP contribution in [0.1, 0.15) is 57.9 Å². The Labute approximate surface area is 118 Å². The summed E-state index contributed by atoms with van der Waals surface area (Å²) in [6.45, 7) is 8.15. The van der Waals surface area contributed by atoms with Crippen LogP contribution in [0.4, 0.5) is 0 Å². The number of rotatable bonds is 6. The summed E-state index contributed by atoms with van der Waals surface area (Å²) in [5, 5.41) is 3.80. The number of nitrogens with one attached hydrogen (secondary N) is 1. The quantitative estimate of drug-likeness (QED) is 0.787. The Hall–Kier alpha value is -0.820. The van der Waals surface area contributed by atoms with E-state index in [-0.39, 0.29) is 0 Å². The minimum atomic E-state index is 0.630. The van der Waals surface area contributed by atoms with Crippen molar-refractivity contribution in [2.24, 2.45) is 11.8 Å². The van der Waals surface area contributed by atoms with Crippen molar-refractivity contribution < 1.29 is 0 Å². The predicted octanol–water partition coefficient (Wildman–Crippen LogP) is 4.59. The summed E-state index contributed by atoms with van der Waals surface area (Å²) in [5.41, 5.74) is 1.48. The standard InChI is InChI=1S/C18H29N/c1-14(2)18(17-11-5-4-6-12-17)13-19-15(3)16-9-7-8-10-16/h4-6,11-12,14-16,18-19H,7-10,13H2,1-3H3/t15-,18?/m0/s1. The fourth-order valence-electron chi connectivity index (χ4n) is 3.38. The van der Waals surface area contributed by atoms with Gasteiger partial charge in [-0.1, -0.05) is 57.0 Å². The number of hydrogen-bond donors (Lipinski definition) is 1. The van der Waals surface area contributed by atoms with Crippen LogP contribution in [0.15, 0.2) is 30.3 Å². The summed E-state index contributed by atoms with van der Waals surface area (Å²) in [4.78, 5) is 0. The molecule has 0 aliphatic heterocycles. The Kier molecular flexibility index (Phi) is 5.45. The zero-order valence-electron chi connectivity index (χ0n) is 12.7. The van der Waals surface area contributed by atoms with E-state index in [4.69, 9.17) is 0 Å². The third-order valence-electron chi connectivity index (χ3n) is 4.80. The molecule has 1 saturated carbocycles. The molecule has 0 aromatic heterocycles. The molecule has 19 heavy (non-hydrogen) atoms. The van der Waals surface area contributed by atoms with Crippen molar-refractivity contribution in [3.63, 3.8) is 0 Å². The van der Waals surface area contributed by atoms with E-state index in [1.165, 1.54) is 31.2 Å². The lowest BCUT2D eigenvalue weighted by atomic mass is 9.87. The summed E-state index contributed by atoms with van der Waals surface area (Å²) >= 11 is 0. The molecule has 0 saturated heterocycles. The first kappa shape index (κ1) is 14.6. The lowest BCUT2D eigenvalue weighted by Gasteiger charge is -2.27. The van der Waals surface area contributed by atoms with Crippen LogP contribution in [0.5, 0.6) is 0 Å². The highest BCUT2D eigenvalue weighted by molar-refractivity contribution is 5.20. The molecule has 1 aliphatic carbocycles. The molecule has 1 heteroatoms. The van der Waals surface area contributed by atoms with Gasteiger partial charge in [-0.15, -0.1) is 0 Å². The first-order valence-corrected chi connectivity index (χ1v) is 7.97. The summed E-state index contributed by atoms with van der Waals surface area (Å²) in [7, 11) is 0. The van der Waals surface area contributed by atoms with Crippen LogP contribution in [0.25, 0.3) is 0 Å². The largest absolute Gasteiger partial charge is 0.313 e. The van der Waals surface area contributed by atoms with Gasteiger partial charge in [0.05, 0.1) is 0 Å². The molecule has 1 nitrogen and oxygen atoms in total. The Morgan fingerprint density at radius 3 is 2.26 bits per heavy atom. The van der Waals surface area contributed by atoms with Gasteiger partial charge in [0.15, 0.2) is 0 Å². The van der Waals surface area contributed by atoms with E-state index >= 15 is 0 Å². The molecule has 1 aliphatic rings. The second-order valence-electron chi connectivity index (χ2n) is 6.50. The van der Waals surface area contributed by atoms with Crippen LogP contribution >= 0.6 is 0 Å². The normalized spacial score (nSPS) is 19.8. The highest BCUT2D eigenvalue weighted by atomic mass is 14.9. The van der Waals surface area contributed by atoms with E-state index in [9.17, 15) is 0 Å². The van der Waals surface area contributed by atoms with Gasteiger partial charge in [-0.3, -0.25) is 0 Å². The van der Waals surface area contributed by atoms with Crippen molar-refractivity contribution in [1.29, 1.82) is 0 Å². The Bertz CT molecular complexity index is 351. The molecular formula is C18H29N. The van der Waals surface area contributed by atoms with Gasteiger partial charge in [0.2, 0.25) is 0 Å². The molecule has 2 atom stereocenters. The molecule has 0 amide bonds. The van der Waals surface area contributed by atoms with Gasteiger partial charge in [0.1, 0.15) is 0 Å². The van der Waals surface area contributed by atoms with Crippen LogP contribution in [-0.2, 0) is 0 Å². The topological polar surface area (TPSA) is 12.0 Å². The van der Waals surface area contributed by atoms with E-state index in [0.717, 1.165) is 12.5 Å². The average molecular weight is 259 g/mol. The average Bonchev–Trinajstić information content (AvgIpc) is 2.93. The molecule has 1 aromatic rings. The number of benzene rings is 1. The van der Waals surface area contributed by atoms with Crippen LogP contribution < -0.4 is 5.32 Å². The molecule has 1 unspecified atom stereocenters. The SMILES string of the molecule is CC(C)C(CN[C@@H](C)C1CCCC1)c1ccccc1. The molecule has 0 heterocycles. The molecular weight excluding hydrogens is 230 g/mol. The Balaban J connectivity index is 1.90. The van der Waals surface area contributed by atoms with E-state index in [2.05, 4.69) is 56.4 Å². The second kappa shape index (κ2) is 7.09. The van der Waals surface area contributed by atoms with Gasteiger partial charge < -0.3 is 5.32 Å². The zero-order chi connectivity index (χ0) is 13.7. The smallest absolute Gasteiger partial charge is 0.00672 e. The second-order valence-corrected chi connectivity index (χ2v) is 6.50. The fourth-order valence-corrected chi connectivity index (χ4v) is 3.38. The first-order chi connectivity index (χ1) is 9.18. The zero-order valence-corrected chi connectivity index (χ0v) is 12.7. The van der Waals surface area contributed by atoms with E-state index in [1.54, 1.807) is 0 Å². The Morgan fingerprint density at radius 1 is 1.05 bits per heavy atom. The van der Waals surface area contributed by atoms with Crippen molar-refractivity contribution in [3.8, 4) is 0 Å². The molecule has 106 valence electrons. The van der Waals surface area contributed by atoms with Crippen molar-refractivity contribution in [1.82, 2.24) is 5.32 Å². The molecule has 1 N–H and O–H groups in total. The van der Waals surface area contributed by atoms with Gasteiger partial charge >= 0.3 is 0 Å². The molecule has 2 rings (SSSR count). The van der Waals surface area contributed by atoms with Crippen molar-refractivity contribution in [2.75, 3.05) is 6.54 Å². The highest BCUT2D eigenvalue weighted by Gasteiger charge is 2.23. The van der Waals surface area contributed by atoms with Gasteiger partial charge in [0, 0.05) is 12.6 Å². The Morgan fingerprint density at radius 2 is 1.68 bits per heavy atom. The maximum absolute atomic E-state index is 3.80. The summed E-state index contributed by atoms with van der Waals surface area (Å²) < 4.78 is 0. The maximum Gasteiger partial charge on any atom is 0.00672 e. The molecule has 1 aromatic carbocycles. The third kappa shape index (κ3) is 4.07. The molecule has 0 bridgehead atoms. The van der Waals surface area contributed by atoms with Gasteiger partial charge in [-0.2, -0.15) is 0 Å². The molecule has 1 fully saturated rings. The monoisotopic (exact) mass is 259 g/mol. The maximum atomic E-state index is 3.80. The predicted molar refractivity (Wildman–Crippen MR) is 83.4 cm³/mol. The van der Waals surface area contributed by atoms with Gasteiger partial charge in [-0.05, 0) is 43.1 Å². The van der Waals surface area contributed by atoms with Gasteiger partial charge in [0.25, 0.3) is 0 Å². The summed E-state index contributed by atoms with van der Waals surface area (Å²) in [5.74, 6) is 2.22. The van der Waals surface area contributed by atoms with Crippen molar-refractivity contribution in [3.05, 3.63) is 35.9 Å². The van der Waals surface area contributed by atoms with E-state index in [1.807, 2.05) is 0 Å². The van der Waals surface area contributed by atoms with Crippen molar-refractivity contribution in [2.45, 2.75) is 58.4 Å². The highest BCUT2D eigenvalue weighted by Crippen LogP contribution is 2.29. The van der Waals surface area contributed by atoms with Crippen LogP contribution in [-0.4, -0.2) is 12.6 Å². The summed E-state index contributed by atoms with van der Waals surface area (Å²) in [6.07, 6.45) is 5.71. The van der Waals surface area contributed by atoms with Crippen LogP contribution in [0, 0.1) is 11.8 Å². The molecule has 0 radical (unpaired) electrons. The minimum absolute atomic E-state index is 0.630. The fraction of sp³-hybridized carbons (Fsp3) is 0.667. The molecule has 0 spiro atoms.